The molecule has 5 nitrogen and oxygen atoms in total. The van der Waals surface area contributed by atoms with Gasteiger partial charge in [0.25, 0.3) is 0 Å². The zero-order valence-electron chi connectivity index (χ0n) is 11.7. The molecule has 1 saturated heterocycles. The molecule has 0 bridgehead atoms. The molecule has 0 saturated carbocycles. The molecule has 18 heavy (non-hydrogen) atoms. The van der Waals surface area contributed by atoms with Crippen LogP contribution in [0.1, 0.15) is 32.6 Å². The van der Waals surface area contributed by atoms with Crippen LogP contribution in [0, 0.1) is 0 Å². The lowest BCUT2D eigenvalue weighted by Gasteiger charge is -2.36. The van der Waals surface area contributed by atoms with Crippen molar-refractivity contribution in [1.29, 1.82) is 0 Å². The maximum absolute atomic E-state index is 11.7. The summed E-state index contributed by atoms with van der Waals surface area (Å²) >= 11 is 0. The average molecular weight is 257 g/mol. The lowest BCUT2D eigenvalue weighted by molar-refractivity contribution is -0.122. The van der Waals surface area contributed by atoms with E-state index in [0.29, 0.717) is 19.1 Å². The standard InChI is InChI=1S/C13H27N3O2/c1-3-6-15-13(17)9-11(10-14)16-7-4-12(18-2)5-8-16/h11-12H,3-10,14H2,1-2H3,(H,15,17). The van der Waals surface area contributed by atoms with Crippen LogP contribution in [0.5, 0.6) is 0 Å². The van der Waals surface area contributed by atoms with E-state index in [0.717, 1.165) is 38.9 Å². The molecule has 1 fully saturated rings. The first-order valence-corrected chi connectivity index (χ1v) is 6.94. The van der Waals surface area contributed by atoms with Crippen molar-refractivity contribution in [1.82, 2.24) is 10.2 Å². The Hall–Kier alpha value is -0.650. The van der Waals surface area contributed by atoms with E-state index in [9.17, 15) is 4.79 Å². The molecule has 1 aliphatic rings. The van der Waals surface area contributed by atoms with Gasteiger partial charge in [-0.2, -0.15) is 0 Å². The van der Waals surface area contributed by atoms with Crippen LogP contribution >= 0.6 is 0 Å². The van der Waals surface area contributed by atoms with E-state index in [2.05, 4.69) is 17.1 Å². The van der Waals surface area contributed by atoms with Gasteiger partial charge in [-0.1, -0.05) is 6.92 Å². The van der Waals surface area contributed by atoms with E-state index in [-0.39, 0.29) is 11.9 Å². The number of hydrogen-bond acceptors (Lipinski definition) is 4. The van der Waals surface area contributed by atoms with E-state index in [1.165, 1.54) is 0 Å². The number of piperidine rings is 1. The molecule has 1 heterocycles. The largest absolute Gasteiger partial charge is 0.381 e. The molecule has 1 unspecified atom stereocenters. The van der Waals surface area contributed by atoms with Gasteiger partial charge in [0.05, 0.1) is 6.10 Å². The fourth-order valence-electron chi connectivity index (χ4n) is 2.39. The predicted octanol–water partition coefficient (Wildman–Crippen LogP) is 0.341. The van der Waals surface area contributed by atoms with Crippen LogP contribution in [0.4, 0.5) is 0 Å². The van der Waals surface area contributed by atoms with Gasteiger partial charge in [-0.3, -0.25) is 9.69 Å². The van der Waals surface area contributed by atoms with Crippen molar-refractivity contribution in [3.63, 3.8) is 0 Å². The zero-order valence-corrected chi connectivity index (χ0v) is 11.7. The summed E-state index contributed by atoms with van der Waals surface area (Å²) in [7, 11) is 1.76. The zero-order chi connectivity index (χ0) is 13.4. The highest BCUT2D eigenvalue weighted by molar-refractivity contribution is 5.76. The second kappa shape index (κ2) is 8.45. The number of likely N-dealkylation sites (tertiary alicyclic amines) is 1. The molecule has 0 aromatic heterocycles. The predicted molar refractivity (Wildman–Crippen MR) is 72.4 cm³/mol. The number of rotatable bonds is 7. The fraction of sp³-hybridized carbons (Fsp3) is 0.923. The van der Waals surface area contributed by atoms with Crippen molar-refractivity contribution < 1.29 is 9.53 Å². The van der Waals surface area contributed by atoms with E-state index < -0.39 is 0 Å². The lowest BCUT2D eigenvalue weighted by Crippen LogP contribution is -2.48. The van der Waals surface area contributed by atoms with Crippen molar-refractivity contribution in [2.45, 2.75) is 44.8 Å². The number of nitrogens with one attached hydrogen (secondary N) is 1. The van der Waals surface area contributed by atoms with Gasteiger partial charge in [0, 0.05) is 45.8 Å². The summed E-state index contributed by atoms with van der Waals surface area (Å²) in [6.45, 7) is 5.29. The summed E-state index contributed by atoms with van der Waals surface area (Å²) in [6.07, 6.45) is 3.91. The minimum absolute atomic E-state index is 0.112. The van der Waals surface area contributed by atoms with Gasteiger partial charge >= 0.3 is 0 Å². The molecule has 3 N–H and O–H groups in total. The summed E-state index contributed by atoms with van der Waals surface area (Å²) in [6, 6.07) is 0.166. The van der Waals surface area contributed by atoms with Crippen LogP contribution in [0.15, 0.2) is 0 Å². The summed E-state index contributed by atoms with van der Waals surface area (Å²) in [4.78, 5) is 14.0. The number of hydrogen-bond donors (Lipinski definition) is 2. The lowest BCUT2D eigenvalue weighted by atomic mass is 10.0. The van der Waals surface area contributed by atoms with Gasteiger partial charge in [-0.05, 0) is 19.3 Å². The van der Waals surface area contributed by atoms with Gasteiger partial charge in [0.1, 0.15) is 0 Å². The van der Waals surface area contributed by atoms with Crippen LogP contribution < -0.4 is 11.1 Å². The second-order valence-electron chi connectivity index (χ2n) is 4.91. The van der Waals surface area contributed by atoms with Gasteiger partial charge in [0.2, 0.25) is 5.91 Å². The number of nitrogens with two attached hydrogens (primary N) is 1. The van der Waals surface area contributed by atoms with E-state index in [1.807, 2.05) is 0 Å². The van der Waals surface area contributed by atoms with Crippen LogP contribution in [0.25, 0.3) is 0 Å². The average Bonchev–Trinajstić information content (AvgIpc) is 2.42. The van der Waals surface area contributed by atoms with Crippen LogP contribution in [0.3, 0.4) is 0 Å². The Kier molecular flexibility index (Phi) is 7.23. The molecule has 1 rings (SSSR count). The summed E-state index contributed by atoms with van der Waals surface area (Å²) in [5.41, 5.74) is 5.79. The number of carbonyl (C=O) groups excluding carboxylic acids is 1. The Bertz CT molecular complexity index is 240. The minimum atomic E-state index is 0.112. The Morgan fingerprint density at radius 3 is 2.67 bits per heavy atom. The molecule has 0 aliphatic carbocycles. The SMILES string of the molecule is CCCNC(=O)CC(CN)N1CCC(OC)CC1. The Morgan fingerprint density at radius 1 is 1.50 bits per heavy atom. The molecule has 1 amide bonds. The third kappa shape index (κ3) is 4.92. The smallest absolute Gasteiger partial charge is 0.221 e. The van der Waals surface area contributed by atoms with Gasteiger partial charge < -0.3 is 15.8 Å². The maximum Gasteiger partial charge on any atom is 0.221 e. The highest BCUT2D eigenvalue weighted by Crippen LogP contribution is 2.16. The molecule has 1 aliphatic heterocycles. The van der Waals surface area contributed by atoms with Crippen LogP contribution in [-0.2, 0) is 9.53 Å². The summed E-state index contributed by atoms with van der Waals surface area (Å²) in [5.74, 6) is 0.112. The molecular weight excluding hydrogens is 230 g/mol. The highest BCUT2D eigenvalue weighted by atomic mass is 16.5. The first kappa shape index (κ1) is 15.4. The Balaban J connectivity index is 2.34. The van der Waals surface area contributed by atoms with Crippen LogP contribution in [-0.4, -0.2) is 56.2 Å². The third-order valence-corrected chi connectivity index (χ3v) is 3.59. The van der Waals surface area contributed by atoms with Crippen molar-refractivity contribution >= 4 is 5.91 Å². The minimum Gasteiger partial charge on any atom is -0.381 e. The molecule has 0 radical (unpaired) electrons. The third-order valence-electron chi connectivity index (χ3n) is 3.59. The van der Waals surface area contributed by atoms with Crippen LogP contribution in [0.2, 0.25) is 0 Å². The summed E-state index contributed by atoms with van der Waals surface area (Å²) in [5, 5.41) is 2.91. The first-order valence-electron chi connectivity index (χ1n) is 6.94. The quantitative estimate of drug-likeness (QED) is 0.690. The van der Waals surface area contributed by atoms with Gasteiger partial charge in [-0.25, -0.2) is 0 Å². The molecule has 5 heteroatoms. The normalized spacial score (nSPS) is 19.7. The number of amides is 1. The molecule has 106 valence electrons. The maximum atomic E-state index is 11.7. The second-order valence-corrected chi connectivity index (χ2v) is 4.91. The molecule has 1 atom stereocenters. The summed E-state index contributed by atoms with van der Waals surface area (Å²) < 4.78 is 5.35. The molecule has 0 aromatic carbocycles. The van der Waals surface area contributed by atoms with Gasteiger partial charge in [-0.15, -0.1) is 0 Å². The fourth-order valence-corrected chi connectivity index (χ4v) is 2.39. The monoisotopic (exact) mass is 257 g/mol. The number of carbonyl (C=O) groups is 1. The topological polar surface area (TPSA) is 67.6 Å². The van der Waals surface area contributed by atoms with Crippen molar-refractivity contribution in [2.24, 2.45) is 5.73 Å². The molecule has 0 spiro atoms. The number of nitrogens with zero attached hydrogens (tertiary/aromatic N) is 1. The Labute approximate surface area is 110 Å². The van der Waals surface area contributed by atoms with Crippen molar-refractivity contribution in [2.75, 3.05) is 33.3 Å². The molecular formula is C13H27N3O2. The number of methoxy groups -OCH3 is 1. The Morgan fingerprint density at radius 2 is 2.17 bits per heavy atom. The van der Waals surface area contributed by atoms with E-state index >= 15 is 0 Å². The van der Waals surface area contributed by atoms with Crippen molar-refractivity contribution in [3.05, 3.63) is 0 Å². The number of ether oxygens (including phenoxy) is 1. The molecule has 0 aromatic rings. The van der Waals surface area contributed by atoms with Crippen molar-refractivity contribution in [3.8, 4) is 0 Å². The highest BCUT2D eigenvalue weighted by Gasteiger charge is 2.25. The van der Waals surface area contributed by atoms with E-state index in [4.69, 9.17) is 10.5 Å². The first-order chi connectivity index (χ1) is 8.71. The van der Waals surface area contributed by atoms with Gasteiger partial charge in [0.15, 0.2) is 0 Å². The van der Waals surface area contributed by atoms with E-state index in [1.54, 1.807) is 7.11 Å².